The number of nitrogens with one attached hydrogen (secondary N) is 1. The molecule has 1 aliphatic rings. The lowest BCUT2D eigenvalue weighted by Crippen LogP contribution is -2.42. The fourth-order valence-corrected chi connectivity index (χ4v) is 1.63. The molecule has 0 spiro atoms. The van der Waals surface area contributed by atoms with Gasteiger partial charge >= 0.3 is 0 Å². The molecule has 3 nitrogen and oxygen atoms in total. The number of carbonyl (C=O) groups is 1. The Hall–Kier alpha value is -0.570. The molecule has 1 saturated heterocycles. The van der Waals surface area contributed by atoms with Crippen LogP contribution in [0, 0.1) is 5.92 Å². The Balaban J connectivity index is 2.45. The van der Waals surface area contributed by atoms with Crippen molar-refractivity contribution in [2.45, 2.75) is 25.8 Å². The standard InChI is InChI=1S/C9H18N2O/c1-7(10-2)8-4-5-11(3)9(12)6-8/h7-8,10H,4-6H2,1-3H3. The summed E-state index contributed by atoms with van der Waals surface area (Å²) in [5.74, 6) is 0.812. The maximum absolute atomic E-state index is 11.3. The van der Waals surface area contributed by atoms with E-state index in [9.17, 15) is 4.79 Å². The quantitative estimate of drug-likeness (QED) is 0.653. The van der Waals surface area contributed by atoms with Gasteiger partial charge in [0.15, 0.2) is 0 Å². The van der Waals surface area contributed by atoms with E-state index in [0.29, 0.717) is 18.4 Å². The van der Waals surface area contributed by atoms with Gasteiger partial charge in [0, 0.05) is 26.1 Å². The number of rotatable bonds is 2. The highest BCUT2D eigenvalue weighted by atomic mass is 16.2. The van der Waals surface area contributed by atoms with Crippen LogP contribution in [-0.4, -0.2) is 37.5 Å². The van der Waals surface area contributed by atoms with E-state index < -0.39 is 0 Å². The lowest BCUT2D eigenvalue weighted by molar-refractivity contribution is -0.133. The number of carbonyl (C=O) groups excluding carboxylic acids is 1. The van der Waals surface area contributed by atoms with Gasteiger partial charge in [0.25, 0.3) is 0 Å². The summed E-state index contributed by atoms with van der Waals surface area (Å²) in [5, 5.41) is 3.20. The summed E-state index contributed by atoms with van der Waals surface area (Å²) in [6.07, 6.45) is 1.84. The summed E-state index contributed by atoms with van der Waals surface area (Å²) < 4.78 is 0. The Morgan fingerprint density at radius 1 is 1.67 bits per heavy atom. The summed E-state index contributed by atoms with van der Waals surface area (Å²) in [6, 6.07) is 0.461. The second-order valence-corrected chi connectivity index (χ2v) is 3.65. The van der Waals surface area contributed by atoms with Crippen LogP contribution in [0.4, 0.5) is 0 Å². The molecule has 1 heterocycles. The highest BCUT2D eigenvalue weighted by molar-refractivity contribution is 5.76. The van der Waals surface area contributed by atoms with Gasteiger partial charge in [-0.2, -0.15) is 0 Å². The molecule has 2 unspecified atom stereocenters. The molecule has 70 valence electrons. The van der Waals surface area contributed by atoms with E-state index in [1.807, 2.05) is 19.0 Å². The van der Waals surface area contributed by atoms with E-state index in [-0.39, 0.29) is 5.91 Å². The fourth-order valence-electron chi connectivity index (χ4n) is 1.63. The van der Waals surface area contributed by atoms with Crippen molar-refractivity contribution in [3.63, 3.8) is 0 Å². The maximum Gasteiger partial charge on any atom is 0.222 e. The Labute approximate surface area is 74.1 Å². The highest BCUT2D eigenvalue weighted by Gasteiger charge is 2.26. The number of nitrogens with zero attached hydrogens (tertiary/aromatic N) is 1. The molecule has 0 aromatic heterocycles. The SMILES string of the molecule is CNC(C)C1CCN(C)C(=O)C1. The zero-order chi connectivity index (χ0) is 9.14. The number of piperidine rings is 1. The van der Waals surface area contributed by atoms with Gasteiger partial charge in [0.1, 0.15) is 0 Å². The summed E-state index contributed by atoms with van der Waals surface area (Å²) >= 11 is 0. The third-order valence-electron chi connectivity index (χ3n) is 2.86. The van der Waals surface area contributed by atoms with Crippen LogP contribution in [0.1, 0.15) is 19.8 Å². The molecule has 1 aliphatic heterocycles. The molecule has 0 aromatic rings. The van der Waals surface area contributed by atoms with Gasteiger partial charge < -0.3 is 10.2 Å². The van der Waals surface area contributed by atoms with Crippen LogP contribution in [0.15, 0.2) is 0 Å². The molecule has 2 atom stereocenters. The molecule has 0 radical (unpaired) electrons. The molecule has 0 aromatic carbocycles. The smallest absolute Gasteiger partial charge is 0.222 e. The first-order valence-corrected chi connectivity index (χ1v) is 4.56. The minimum absolute atomic E-state index is 0.286. The Bertz CT molecular complexity index is 170. The van der Waals surface area contributed by atoms with Gasteiger partial charge in [0.2, 0.25) is 5.91 Å². The van der Waals surface area contributed by atoms with Gasteiger partial charge in [-0.3, -0.25) is 4.79 Å². The lowest BCUT2D eigenvalue weighted by atomic mass is 9.90. The molecular formula is C9H18N2O. The summed E-state index contributed by atoms with van der Waals surface area (Å²) in [7, 11) is 3.83. The second-order valence-electron chi connectivity index (χ2n) is 3.65. The molecule has 12 heavy (non-hydrogen) atoms. The lowest BCUT2D eigenvalue weighted by Gasteiger charge is -2.32. The van der Waals surface area contributed by atoms with Gasteiger partial charge in [-0.15, -0.1) is 0 Å². The minimum Gasteiger partial charge on any atom is -0.346 e. The molecule has 1 amide bonds. The Morgan fingerprint density at radius 2 is 2.33 bits per heavy atom. The first kappa shape index (κ1) is 9.52. The van der Waals surface area contributed by atoms with Gasteiger partial charge in [0.05, 0.1) is 0 Å². The van der Waals surface area contributed by atoms with E-state index in [1.54, 1.807) is 0 Å². The highest BCUT2D eigenvalue weighted by Crippen LogP contribution is 2.20. The van der Waals surface area contributed by atoms with Crippen LogP contribution >= 0.6 is 0 Å². The number of hydrogen-bond donors (Lipinski definition) is 1. The topological polar surface area (TPSA) is 32.3 Å². The molecule has 0 saturated carbocycles. The van der Waals surface area contributed by atoms with Crippen molar-refractivity contribution in [3.8, 4) is 0 Å². The largest absolute Gasteiger partial charge is 0.346 e. The number of hydrogen-bond acceptors (Lipinski definition) is 2. The molecule has 3 heteroatoms. The number of amides is 1. The number of likely N-dealkylation sites (tertiary alicyclic amines) is 1. The Kier molecular flexibility index (Phi) is 3.09. The van der Waals surface area contributed by atoms with Crippen molar-refractivity contribution in [3.05, 3.63) is 0 Å². The van der Waals surface area contributed by atoms with Gasteiger partial charge in [-0.25, -0.2) is 0 Å². The summed E-state index contributed by atoms with van der Waals surface area (Å²) in [4.78, 5) is 13.1. The molecule has 1 N–H and O–H groups in total. The zero-order valence-electron chi connectivity index (χ0n) is 8.13. The van der Waals surface area contributed by atoms with Crippen LogP contribution in [0.2, 0.25) is 0 Å². The minimum atomic E-state index is 0.286. The van der Waals surface area contributed by atoms with Crippen molar-refractivity contribution < 1.29 is 4.79 Å². The van der Waals surface area contributed by atoms with Crippen LogP contribution in [0.3, 0.4) is 0 Å². The monoisotopic (exact) mass is 170 g/mol. The van der Waals surface area contributed by atoms with Gasteiger partial charge in [-0.1, -0.05) is 0 Å². The molecule has 0 aliphatic carbocycles. The predicted octanol–water partition coefficient (Wildman–Crippen LogP) is 0.463. The van der Waals surface area contributed by atoms with E-state index in [0.717, 1.165) is 13.0 Å². The first-order chi connectivity index (χ1) is 5.65. The second kappa shape index (κ2) is 3.90. The molecular weight excluding hydrogens is 152 g/mol. The van der Waals surface area contributed by atoms with Gasteiger partial charge in [-0.05, 0) is 26.3 Å². The van der Waals surface area contributed by atoms with Crippen molar-refractivity contribution in [1.29, 1.82) is 0 Å². The van der Waals surface area contributed by atoms with Crippen LogP contribution in [0.25, 0.3) is 0 Å². The van der Waals surface area contributed by atoms with E-state index in [4.69, 9.17) is 0 Å². The summed E-state index contributed by atoms with van der Waals surface area (Å²) in [5.41, 5.74) is 0. The summed E-state index contributed by atoms with van der Waals surface area (Å²) in [6.45, 7) is 3.05. The van der Waals surface area contributed by atoms with Crippen LogP contribution < -0.4 is 5.32 Å². The predicted molar refractivity (Wildman–Crippen MR) is 48.9 cm³/mol. The molecule has 1 fully saturated rings. The third kappa shape index (κ3) is 1.97. The van der Waals surface area contributed by atoms with Crippen molar-refractivity contribution in [2.24, 2.45) is 5.92 Å². The first-order valence-electron chi connectivity index (χ1n) is 4.56. The fraction of sp³-hybridized carbons (Fsp3) is 0.889. The normalized spacial score (nSPS) is 27.4. The van der Waals surface area contributed by atoms with Crippen LogP contribution in [0.5, 0.6) is 0 Å². The van der Waals surface area contributed by atoms with E-state index in [1.165, 1.54) is 0 Å². The van der Waals surface area contributed by atoms with Crippen LogP contribution in [-0.2, 0) is 4.79 Å². The average Bonchev–Trinajstić information content (AvgIpc) is 2.08. The van der Waals surface area contributed by atoms with Crippen molar-refractivity contribution >= 4 is 5.91 Å². The third-order valence-corrected chi connectivity index (χ3v) is 2.86. The average molecular weight is 170 g/mol. The zero-order valence-corrected chi connectivity index (χ0v) is 8.13. The Morgan fingerprint density at radius 3 is 2.83 bits per heavy atom. The molecule has 0 bridgehead atoms. The van der Waals surface area contributed by atoms with E-state index in [2.05, 4.69) is 12.2 Å². The molecule has 1 rings (SSSR count). The van der Waals surface area contributed by atoms with E-state index >= 15 is 0 Å². The maximum atomic E-state index is 11.3. The van der Waals surface area contributed by atoms with Crippen molar-refractivity contribution in [1.82, 2.24) is 10.2 Å². The van der Waals surface area contributed by atoms with Crippen molar-refractivity contribution in [2.75, 3.05) is 20.6 Å².